The van der Waals surface area contributed by atoms with Gasteiger partial charge in [0.2, 0.25) is 11.8 Å². The quantitative estimate of drug-likeness (QED) is 0.726. The van der Waals surface area contributed by atoms with Crippen molar-refractivity contribution in [2.24, 2.45) is 5.41 Å². The molecule has 2 saturated heterocycles. The number of carbonyl (C=O) groups is 3. The number of hydrogen-bond donors (Lipinski definition) is 1. The number of anilines is 1. The fourth-order valence-electron chi connectivity index (χ4n) is 4.22. The Morgan fingerprint density at radius 2 is 2.09 bits per heavy atom. The van der Waals surface area contributed by atoms with Gasteiger partial charge in [-0.2, -0.15) is 0 Å². The van der Waals surface area contributed by atoms with Crippen molar-refractivity contribution < 1.29 is 18.8 Å². The van der Waals surface area contributed by atoms with Crippen molar-refractivity contribution in [1.82, 2.24) is 10.2 Å². The fourth-order valence-corrected chi connectivity index (χ4v) is 4.22. The van der Waals surface area contributed by atoms with Crippen LogP contribution in [0.15, 0.2) is 18.2 Å². The molecule has 1 spiro atoms. The lowest BCUT2D eigenvalue weighted by Gasteiger charge is -2.48. The van der Waals surface area contributed by atoms with E-state index < -0.39 is 29.3 Å². The Balaban J connectivity index is 1.92. The predicted octanol–water partition coefficient (Wildman–Crippen LogP) is 1.05. The van der Waals surface area contributed by atoms with Gasteiger partial charge in [-0.25, -0.2) is 9.18 Å². The molecule has 0 unspecified atom stereocenters. The highest BCUT2D eigenvalue weighted by molar-refractivity contribution is 6.20. The summed E-state index contributed by atoms with van der Waals surface area (Å²) in [6.07, 6.45) is 1.51. The van der Waals surface area contributed by atoms with Crippen molar-refractivity contribution in [1.29, 1.82) is 0 Å². The Hall–Kier alpha value is -2.44. The number of imide groups is 2. The first-order chi connectivity index (χ1) is 11.0. The van der Waals surface area contributed by atoms with Crippen molar-refractivity contribution >= 4 is 23.5 Å². The lowest BCUT2D eigenvalue weighted by Crippen LogP contribution is -2.70. The van der Waals surface area contributed by atoms with E-state index >= 15 is 0 Å². The molecule has 120 valence electrons. The van der Waals surface area contributed by atoms with Crippen LogP contribution in [-0.4, -0.2) is 42.4 Å². The highest BCUT2D eigenvalue weighted by Crippen LogP contribution is 2.48. The van der Waals surface area contributed by atoms with Crippen LogP contribution in [0, 0.1) is 11.2 Å². The summed E-state index contributed by atoms with van der Waals surface area (Å²) in [5.74, 6) is -1.41. The summed E-state index contributed by atoms with van der Waals surface area (Å²) >= 11 is 0. The van der Waals surface area contributed by atoms with Crippen molar-refractivity contribution in [2.45, 2.75) is 25.3 Å². The number of nitrogens with zero attached hydrogens (tertiary/aromatic N) is 2. The second-order valence-electron chi connectivity index (χ2n) is 6.37. The summed E-state index contributed by atoms with van der Waals surface area (Å²) in [4.78, 5) is 40.1. The molecule has 2 fully saturated rings. The number of urea groups is 1. The van der Waals surface area contributed by atoms with Gasteiger partial charge in [-0.15, -0.1) is 0 Å². The van der Waals surface area contributed by atoms with E-state index in [2.05, 4.69) is 5.32 Å². The zero-order chi connectivity index (χ0) is 16.4. The minimum Gasteiger partial charge on any atom is -0.364 e. The van der Waals surface area contributed by atoms with Crippen LogP contribution >= 0.6 is 0 Å². The third-order valence-corrected chi connectivity index (χ3v) is 5.27. The van der Waals surface area contributed by atoms with E-state index in [-0.39, 0.29) is 12.2 Å². The van der Waals surface area contributed by atoms with E-state index in [1.807, 2.05) is 4.90 Å². The Bertz CT molecular complexity index is 750. The molecular formula is C16H16FN3O3. The summed E-state index contributed by atoms with van der Waals surface area (Å²) in [6.45, 7) is 0.596. The summed E-state index contributed by atoms with van der Waals surface area (Å²) in [7, 11) is 1.37. The summed E-state index contributed by atoms with van der Waals surface area (Å²) < 4.78 is 14.3. The van der Waals surface area contributed by atoms with Crippen LogP contribution < -0.4 is 10.2 Å². The molecule has 0 bridgehead atoms. The predicted molar refractivity (Wildman–Crippen MR) is 79.2 cm³/mol. The van der Waals surface area contributed by atoms with Crippen LogP contribution in [0.4, 0.5) is 14.9 Å². The molecule has 1 aromatic rings. The van der Waals surface area contributed by atoms with Gasteiger partial charge in [-0.1, -0.05) is 12.1 Å². The summed E-state index contributed by atoms with van der Waals surface area (Å²) in [6, 6.07) is 3.59. The van der Waals surface area contributed by atoms with E-state index in [9.17, 15) is 18.8 Å². The molecule has 4 amide bonds. The van der Waals surface area contributed by atoms with Gasteiger partial charge in [0.1, 0.15) is 5.82 Å². The van der Waals surface area contributed by atoms with Crippen LogP contribution in [0.25, 0.3) is 0 Å². The first-order valence-corrected chi connectivity index (χ1v) is 7.64. The first-order valence-electron chi connectivity index (χ1n) is 7.64. The Kier molecular flexibility index (Phi) is 2.79. The molecule has 23 heavy (non-hydrogen) atoms. The second kappa shape index (κ2) is 4.53. The van der Waals surface area contributed by atoms with E-state index in [1.165, 1.54) is 13.1 Å². The van der Waals surface area contributed by atoms with Gasteiger partial charge in [0.15, 0.2) is 5.41 Å². The van der Waals surface area contributed by atoms with Gasteiger partial charge < -0.3 is 4.90 Å². The molecule has 0 saturated carbocycles. The lowest BCUT2D eigenvalue weighted by atomic mass is 9.68. The molecule has 0 radical (unpaired) electrons. The Morgan fingerprint density at radius 1 is 1.30 bits per heavy atom. The number of carbonyl (C=O) groups excluding carboxylic acids is 3. The van der Waals surface area contributed by atoms with Crippen LogP contribution in [0.1, 0.15) is 18.4 Å². The minimum absolute atomic E-state index is 0.115. The van der Waals surface area contributed by atoms with Crippen molar-refractivity contribution in [3.63, 3.8) is 0 Å². The normalized spacial score (nSPS) is 29.7. The Labute approximate surface area is 132 Å². The molecule has 4 rings (SSSR count). The average molecular weight is 317 g/mol. The van der Waals surface area contributed by atoms with Gasteiger partial charge >= 0.3 is 6.03 Å². The maximum atomic E-state index is 14.3. The third kappa shape index (κ3) is 1.64. The molecule has 0 aromatic heterocycles. The first kappa shape index (κ1) is 14.2. The van der Waals surface area contributed by atoms with Crippen molar-refractivity contribution in [2.75, 3.05) is 18.5 Å². The van der Waals surface area contributed by atoms with Gasteiger partial charge in [0.25, 0.3) is 0 Å². The number of nitrogens with one attached hydrogen (secondary N) is 1. The molecule has 1 aromatic carbocycles. The van der Waals surface area contributed by atoms with Gasteiger partial charge in [0, 0.05) is 13.6 Å². The maximum absolute atomic E-state index is 14.3. The SMILES string of the molecule is CN1C(=O)NC(=O)[C@]2(Cc3cccc(F)c3N3CCC[C@H]32)C1=O. The van der Waals surface area contributed by atoms with E-state index in [4.69, 9.17) is 0 Å². The highest BCUT2D eigenvalue weighted by Gasteiger charge is 2.62. The van der Waals surface area contributed by atoms with E-state index in [0.717, 1.165) is 11.3 Å². The van der Waals surface area contributed by atoms with E-state index in [0.29, 0.717) is 24.2 Å². The number of benzene rings is 1. The maximum Gasteiger partial charge on any atom is 0.330 e. The van der Waals surface area contributed by atoms with E-state index in [1.54, 1.807) is 12.1 Å². The lowest BCUT2D eigenvalue weighted by molar-refractivity contribution is -0.152. The molecule has 0 aliphatic carbocycles. The van der Waals surface area contributed by atoms with Gasteiger partial charge in [0.05, 0.1) is 11.7 Å². The Morgan fingerprint density at radius 3 is 2.87 bits per heavy atom. The average Bonchev–Trinajstić information content (AvgIpc) is 3.01. The molecule has 2 atom stereocenters. The highest BCUT2D eigenvalue weighted by atomic mass is 19.1. The number of barbiturate groups is 1. The second-order valence-corrected chi connectivity index (χ2v) is 6.37. The van der Waals surface area contributed by atoms with Crippen LogP contribution in [0.3, 0.4) is 0 Å². The topological polar surface area (TPSA) is 69.7 Å². The minimum atomic E-state index is -1.36. The number of para-hydroxylation sites is 1. The monoisotopic (exact) mass is 317 g/mol. The fraction of sp³-hybridized carbons (Fsp3) is 0.438. The van der Waals surface area contributed by atoms with Crippen LogP contribution in [-0.2, 0) is 16.0 Å². The van der Waals surface area contributed by atoms with Crippen molar-refractivity contribution in [3.8, 4) is 0 Å². The zero-order valence-electron chi connectivity index (χ0n) is 12.6. The molecule has 7 heteroatoms. The summed E-state index contributed by atoms with van der Waals surface area (Å²) in [5.41, 5.74) is -0.241. The van der Waals surface area contributed by atoms with Crippen LogP contribution in [0.5, 0.6) is 0 Å². The third-order valence-electron chi connectivity index (χ3n) is 5.27. The molecule has 3 heterocycles. The number of rotatable bonds is 0. The smallest absolute Gasteiger partial charge is 0.330 e. The molecule has 3 aliphatic rings. The van der Waals surface area contributed by atoms with Gasteiger partial charge in [-0.3, -0.25) is 19.8 Å². The molecular weight excluding hydrogens is 301 g/mol. The largest absolute Gasteiger partial charge is 0.364 e. The number of amides is 4. The number of hydrogen-bond acceptors (Lipinski definition) is 4. The number of fused-ring (bicyclic) bond motifs is 4. The molecule has 3 aliphatic heterocycles. The molecule has 6 nitrogen and oxygen atoms in total. The summed E-state index contributed by atoms with van der Waals surface area (Å²) in [5, 5.41) is 2.28. The number of halogens is 1. The van der Waals surface area contributed by atoms with Crippen molar-refractivity contribution in [3.05, 3.63) is 29.6 Å². The standard InChI is InChI=1S/C16H16FN3O3/c1-19-14(22)16(13(21)18-15(19)23)8-9-4-2-5-10(17)12(9)20-7-3-6-11(16)20/h2,4-5,11H,3,6-8H2,1H3,(H,18,21,23)/t11-,16+/m0/s1. The van der Waals surface area contributed by atoms with Crippen LogP contribution in [0.2, 0.25) is 0 Å². The van der Waals surface area contributed by atoms with Gasteiger partial charge in [-0.05, 0) is 30.9 Å². The molecule has 1 N–H and O–H groups in total. The zero-order valence-corrected chi connectivity index (χ0v) is 12.6.